The van der Waals surface area contributed by atoms with Gasteiger partial charge in [0.05, 0.1) is 19.8 Å². The van der Waals surface area contributed by atoms with Gasteiger partial charge in [-0.2, -0.15) is 0 Å². The summed E-state index contributed by atoms with van der Waals surface area (Å²) in [6.45, 7) is 4.69. The maximum atomic E-state index is 12.9. The van der Waals surface area contributed by atoms with Crippen LogP contribution in [0.25, 0.3) is 0 Å². The minimum atomic E-state index is -4.74. The van der Waals surface area contributed by atoms with Crippen molar-refractivity contribution in [3.8, 4) is 0 Å². The number of aliphatic hydroxyl groups excluding tert-OH is 1. The van der Waals surface area contributed by atoms with Gasteiger partial charge in [0.25, 0.3) is 0 Å². The molecule has 0 saturated carbocycles. The van der Waals surface area contributed by atoms with Crippen LogP contribution in [0.15, 0.2) is 12.2 Å². The van der Waals surface area contributed by atoms with Gasteiger partial charge in [0, 0.05) is 19.3 Å². The van der Waals surface area contributed by atoms with Crippen LogP contribution < -0.4 is 0 Å². The highest BCUT2D eigenvalue weighted by Gasteiger charge is 2.28. The number of unbranched alkanes of at least 4 members (excludes halogenated alkanes) is 41. The van der Waals surface area contributed by atoms with Gasteiger partial charge in [-0.1, -0.05) is 277 Å². The first-order valence-electron chi connectivity index (χ1n) is 31.6. The Labute approximate surface area is 456 Å². The number of ether oxygens (including phenoxy) is 3. The van der Waals surface area contributed by atoms with Gasteiger partial charge >= 0.3 is 25.7 Å². The fraction of sp³-hybridized carbons (Fsp3) is 0.919. The first-order chi connectivity index (χ1) is 36.2. The van der Waals surface area contributed by atoms with Gasteiger partial charge in [0.1, 0.15) is 12.7 Å². The number of carbonyl (C=O) groups is 3. The van der Waals surface area contributed by atoms with Crippen molar-refractivity contribution in [3.63, 3.8) is 0 Å². The maximum absolute atomic E-state index is 12.9. The molecular formula is C62H119O11P. The van der Waals surface area contributed by atoms with Crippen molar-refractivity contribution in [3.05, 3.63) is 12.2 Å². The monoisotopic (exact) mass is 1070 g/mol. The highest BCUT2D eigenvalue weighted by atomic mass is 31.2. The lowest BCUT2D eigenvalue weighted by atomic mass is 10.0. The van der Waals surface area contributed by atoms with Crippen LogP contribution in [-0.4, -0.2) is 66.5 Å². The molecule has 12 heteroatoms. The summed E-state index contributed by atoms with van der Waals surface area (Å²) in [6.07, 6.45) is 57.5. The molecular weight excluding hydrogens is 952 g/mol. The largest absolute Gasteiger partial charge is 0.472 e. The van der Waals surface area contributed by atoms with E-state index in [9.17, 15) is 28.9 Å². The van der Waals surface area contributed by atoms with E-state index in [-0.39, 0.29) is 25.9 Å². The van der Waals surface area contributed by atoms with Gasteiger partial charge in [-0.3, -0.25) is 23.4 Å². The fourth-order valence-corrected chi connectivity index (χ4v) is 10.1. The molecule has 0 aliphatic carbocycles. The summed E-state index contributed by atoms with van der Waals surface area (Å²) in [6, 6.07) is 0. The molecule has 0 amide bonds. The average Bonchev–Trinajstić information content (AvgIpc) is 3.39. The smallest absolute Gasteiger partial charge is 0.462 e. The Morgan fingerprint density at radius 3 is 0.932 bits per heavy atom. The number of phosphoric acid groups is 1. The van der Waals surface area contributed by atoms with Crippen molar-refractivity contribution in [1.82, 2.24) is 0 Å². The third-order valence-corrected chi connectivity index (χ3v) is 15.1. The lowest BCUT2D eigenvalue weighted by Gasteiger charge is -2.21. The van der Waals surface area contributed by atoms with Crippen LogP contribution in [0.4, 0.5) is 0 Å². The zero-order chi connectivity index (χ0) is 54.1. The summed E-state index contributed by atoms with van der Waals surface area (Å²) in [5.74, 6) is -1.43. The van der Waals surface area contributed by atoms with Gasteiger partial charge in [-0.25, -0.2) is 4.57 Å². The van der Waals surface area contributed by atoms with Gasteiger partial charge in [0.15, 0.2) is 6.10 Å². The van der Waals surface area contributed by atoms with E-state index < -0.39 is 57.8 Å². The van der Waals surface area contributed by atoms with Crippen LogP contribution >= 0.6 is 7.82 Å². The lowest BCUT2D eigenvalue weighted by molar-refractivity contribution is -0.161. The standard InChI is InChI=1S/C62H119O11P/c1-4-7-10-13-16-19-21-23-25-27-29-31-33-35-37-40-42-45-48-51-60(64)69-55-59(57-71-74(67,68)70-56-58(54-63)72-61(65)52-49-46-43-39-18-15-12-9-6-3)73-62(66)53-50-47-44-41-38-36-34-32-30-28-26-24-22-20-17-14-11-8-5-2/h23,25,58-59,63H,4-22,24,26-57H2,1-3H3,(H,67,68)/b25-23-. The number of allylic oxidation sites excluding steroid dienone is 2. The number of carbonyl (C=O) groups excluding carboxylic acids is 3. The molecule has 0 heterocycles. The molecule has 2 N–H and O–H groups in total. The van der Waals surface area contributed by atoms with Crippen LogP contribution in [-0.2, 0) is 42.2 Å². The van der Waals surface area contributed by atoms with E-state index in [1.165, 1.54) is 212 Å². The Kier molecular flexibility index (Phi) is 56.0. The number of hydrogen-bond acceptors (Lipinski definition) is 10. The number of rotatable bonds is 60. The van der Waals surface area contributed by atoms with Crippen LogP contribution in [0.2, 0.25) is 0 Å². The van der Waals surface area contributed by atoms with Crippen molar-refractivity contribution in [1.29, 1.82) is 0 Å². The molecule has 0 bridgehead atoms. The van der Waals surface area contributed by atoms with Crippen molar-refractivity contribution < 1.29 is 52.2 Å². The molecule has 0 aromatic carbocycles. The second-order valence-corrected chi connectivity index (χ2v) is 23.0. The molecule has 0 aliphatic rings. The topological polar surface area (TPSA) is 155 Å². The van der Waals surface area contributed by atoms with Crippen molar-refractivity contribution in [2.24, 2.45) is 0 Å². The minimum Gasteiger partial charge on any atom is -0.462 e. The van der Waals surface area contributed by atoms with Crippen molar-refractivity contribution in [2.75, 3.05) is 26.4 Å². The molecule has 3 atom stereocenters. The maximum Gasteiger partial charge on any atom is 0.472 e. The van der Waals surface area contributed by atoms with Crippen molar-refractivity contribution in [2.45, 2.75) is 341 Å². The first kappa shape index (κ1) is 72.2. The van der Waals surface area contributed by atoms with E-state index in [0.717, 1.165) is 57.8 Å². The second kappa shape index (κ2) is 57.4. The van der Waals surface area contributed by atoms with Crippen LogP contribution in [0.5, 0.6) is 0 Å². The highest BCUT2D eigenvalue weighted by molar-refractivity contribution is 7.47. The summed E-state index contributed by atoms with van der Waals surface area (Å²) in [4.78, 5) is 48.6. The molecule has 74 heavy (non-hydrogen) atoms. The quantitative estimate of drug-likeness (QED) is 0.0197. The van der Waals surface area contributed by atoms with E-state index in [4.69, 9.17) is 23.3 Å². The Hall–Kier alpha value is -1.78. The van der Waals surface area contributed by atoms with Gasteiger partial charge < -0.3 is 24.2 Å². The van der Waals surface area contributed by atoms with E-state index in [0.29, 0.717) is 19.3 Å². The molecule has 0 fully saturated rings. The molecule has 3 unspecified atom stereocenters. The number of phosphoric ester groups is 1. The normalized spacial score (nSPS) is 13.3. The zero-order valence-electron chi connectivity index (χ0n) is 48.6. The Morgan fingerprint density at radius 2 is 0.622 bits per heavy atom. The summed E-state index contributed by atoms with van der Waals surface area (Å²) in [7, 11) is -4.74. The number of aliphatic hydroxyl groups is 1. The molecule has 438 valence electrons. The second-order valence-electron chi connectivity index (χ2n) is 21.6. The molecule has 0 aromatic rings. The predicted molar refractivity (Wildman–Crippen MR) is 307 cm³/mol. The molecule has 11 nitrogen and oxygen atoms in total. The van der Waals surface area contributed by atoms with E-state index in [2.05, 4.69) is 32.9 Å². The molecule has 0 saturated heterocycles. The average molecular weight is 1070 g/mol. The minimum absolute atomic E-state index is 0.176. The molecule has 0 spiro atoms. The first-order valence-corrected chi connectivity index (χ1v) is 33.1. The Bertz CT molecular complexity index is 1290. The van der Waals surface area contributed by atoms with Crippen molar-refractivity contribution >= 4 is 25.7 Å². The van der Waals surface area contributed by atoms with E-state index in [1.54, 1.807) is 0 Å². The molecule has 0 radical (unpaired) electrons. The summed E-state index contributed by atoms with van der Waals surface area (Å²) in [5, 5.41) is 9.79. The number of esters is 3. The zero-order valence-corrected chi connectivity index (χ0v) is 49.5. The lowest BCUT2D eigenvalue weighted by Crippen LogP contribution is -2.30. The van der Waals surface area contributed by atoms with Gasteiger partial charge in [0.2, 0.25) is 0 Å². The SMILES string of the molecule is CCCCCCCC/C=C\CCCCCCCCCCCC(=O)OCC(COP(=O)(O)OCC(CO)OC(=O)CCCCCCCCCCC)OC(=O)CCCCCCCCCCCCCCCCCCCCC. The molecule has 0 aromatic heterocycles. The summed E-state index contributed by atoms with van der Waals surface area (Å²) >= 11 is 0. The molecule has 0 aliphatic heterocycles. The predicted octanol–water partition coefficient (Wildman–Crippen LogP) is 18.8. The summed E-state index contributed by atoms with van der Waals surface area (Å²) < 4.78 is 39.6. The van der Waals surface area contributed by atoms with E-state index in [1.807, 2.05) is 0 Å². The third-order valence-electron chi connectivity index (χ3n) is 14.2. The van der Waals surface area contributed by atoms with Gasteiger partial charge in [-0.15, -0.1) is 0 Å². The van der Waals surface area contributed by atoms with Crippen LogP contribution in [0, 0.1) is 0 Å². The Balaban J connectivity index is 4.62. The highest BCUT2D eigenvalue weighted by Crippen LogP contribution is 2.43. The Morgan fingerprint density at radius 1 is 0.365 bits per heavy atom. The van der Waals surface area contributed by atoms with E-state index >= 15 is 0 Å². The summed E-state index contributed by atoms with van der Waals surface area (Å²) in [5.41, 5.74) is 0. The number of hydrogen-bond donors (Lipinski definition) is 2. The van der Waals surface area contributed by atoms with Crippen LogP contribution in [0.3, 0.4) is 0 Å². The van der Waals surface area contributed by atoms with Gasteiger partial charge in [-0.05, 0) is 44.9 Å². The molecule has 0 rings (SSSR count). The van der Waals surface area contributed by atoms with Crippen LogP contribution in [0.1, 0.15) is 329 Å². The fourth-order valence-electron chi connectivity index (χ4n) is 9.35. The third kappa shape index (κ3) is 55.0.